The molecule has 0 bridgehead atoms. The van der Waals surface area contributed by atoms with Crippen molar-refractivity contribution in [1.29, 1.82) is 0 Å². The molecule has 1 saturated heterocycles. The Balaban J connectivity index is 0.00000176. The number of carbonyl (C=O) groups is 2. The fourth-order valence-electron chi connectivity index (χ4n) is 1.70. The Morgan fingerprint density at radius 2 is 2.05 bits per heavy atom. The maximum atomic E-state index is 11.2. The Morgan fingerprint density at radius 1 is 1.32 bits per heavy atom. The molecule has 0 atom stereocenters. The van der Waals surface area contributed by atoms with Crippen molar-refractivity contribution in [3.63, 3.8) is 0 Å². The number of aromatic nitrogens is 1. The molecule has 9 heteroatoms. The number of rotatable bonds is 3. The van der Waals surface area contributed by atoms with Gasteiger partial charge in [0.05, 0.1) is 12.4 Å². The second-order valence-corrected chi connectivity index (χ2v) is 4.60. The first-order chi connectivity index (χ1) is 10.1. The molecule has 7 nitrogen and oxygen atoms in total. The van der Waals surface area contributed by atoms with Crippen LogP contribution in [0.4, 0.5) is 4.79 Å². The van der Waals surface area contributed by atoms with Crippen LogP contribution in [0.15, 0.2) is 40.0 Å². The minimum absolute atomic E-state index is 0. The van der Waals surface area contributed by atoms with E-state index in [-0.39, 0.29) is 42.0 Å². The molecule has 1 aliphatic heterocycles. The van der Waals surface area contributed by atoms with Gasteiger partial charge in [0, 0.05) is 17.1 Å². The van der Waals surface area contributed by atoms with Crippen LogP contribution in [-0.2, 0) is 4.79 Å². The Morgan fingerprint density at radius 3 is 2.68 bits per heavy atom. The number of imide groups is 1. The molecule has 106 valence electrons. The second-order valence-electron chi connectivity index (χ2n) is 4.16. The van der Waals surface area contributed by atoms with Gasteiger partial charge in [0.25, 0.3) is 0 Å². The molecule has 0 spiro atoms. The van der Waals surface area contributed by atoms with Gasteiger partial charge in [-0.3, -0.25) is 14.7 Å². The van der Waals surface area contributed by atoms with Gasteiger partial charge in [0.1, 0.15) is 0 Å². The molecule has 0 unspecified atom stereocenters. The summed E-state index contributed by atoms with van der Waals surface area (Å²) in [5.74, 6) is 0.236. The predicted octanol–water partition coefficient (Wildman–Crippen LogP) is -0.331. The van der Waals surface area contributed by atoms with Crippen molar-refractivity contribution in [2.24, 2.45) is 5.10 Å². The number of amides is 3. The van der Waals surface area contributed by atoms with E-state index >= 15 is 0 Å². The molecule has 0 radical (unpaired) electrons. The van der Waals surface area contributed by atoms with E-state index in [2.05, 4.69) is 15.4 Å². The van der Waals surface area contributed by atoms with Crippen LogP contribution in [0.1, 0.15) is 5.89 Å². The van der Waals surface area contributed by atoms with Gasteiger partial charge >= 0.3 is 29.6 Å². The topological polar surface area (TPSA) is 89.9 Å². The summed E-state index contributed by atoms with van der Waals surface area (Å²) in [6, 6.07) is 6.38. The largest absolute Gasteiger partial charge is 1.00 e. The van der Waals surface area contributed by atoms with Gasteiger partial charge in [-0.2, -0.15) is 0 Å². The van der Waals surface area contributed by atoms with E-state index in [1.165, 1.54) is 12.4 Å². The first-order valence-corrected chi connectivity index (χ1v) is 6.31. The molecule has 0 saturated carbocycles. The van der Waals surface area contributed by atoms with Gasteiger partial charge < -0.3 is 14.7 Å². The molecule has 3 rings (SSSR count). The van der Waals surface area contributed by atoms with Crippen molar-refractivity contribution in [2.45, 2.75) is 0 Å². The fraction of sp³-hybridized carbons (Fsp3) is 0.0769. The number of hydrogen-bond donors (Lipinski definition) is 0. The third kappa shape index (κ3) is 3.75. The minimum Gasteiger partial charge on any atom is -0.435 e. The predicted molar refractivity (Wildman–Crippen MR) is 75.0 cm³/mol. The van der Waals surface area contributed by atoms with Crippen LogP contribution in [0.2, 0.25) is 5.02 Å². The van der Waals surface area contributed by atoms with Gasteiger partial charge in [-0.1, -0.05) is 11.6 Å². The summed E-state index contributed by atoms with van der Waals surface area (Å²) >= 11 is 5.81. The summed E-state index contributed by atoms with van der Waals surface area (Å²) in [6.07, 6.45) is 2.79. The van der Waals surface area contributed by atoms with E-state index < -0.39 is 11.9 Å². The van der Waals surface area contributed by atoms with E-state index in [0.29, 0.717) is 10.8 Å². The van der Waals surface area contributed by atoms with E-state index in [4.69, 9.17) is 16.0 Å². The fourth-order valence-corrected chi connectivity index (χ4v) is 1.83. The third-order valence-corrected chi connectivity index (χ3v) is 2.94. The van der Waals surface area contributed by atoms with Crippen molar-refractivity contribution in [1.82, 2.24) is 9.99 Å². The quantitative estimate of drug-likeness (QED) is 0.439. The standard InChI is InChI=1S/C13H9ClN4O3.Na/c14-9-3-1-8(2-4-9)10-5-15-12(21-10)6-16-18-7-11(19)17-13(18)20;/h1-6H,7H2,(H,17,19,20);/q;+1/p-1/b16-6+;. The molecule has 3 amide bonds. The molecule has 2 aromatic rings. The zero-order valence-corrected chi connectivity index (χ0v) is 14.3. The van der Waals surface area contributed by atoms with Gasteiger partial charge in [-0.25, -0.2) is 4.98 Å². The smallest absolute Gasteiger partial charge is 0.435 e. The van der Waals surface area contributed by atoms with Crippen molar-refractivity contribution >= 4 is 29.8 Å². The van der Waals surface area contributed by atoms with Gasteiger partial charge in [-0.05, 0) is 24.3 Å². The maximum absolute atomic E-state index is 11.2. The van der Waals surface area contributed by atoms with Crippen LogP contribution in [0, 0.1) is 0 Å². The Kier molecular flexibility index (Phi) is 5.36. The SMILES string of the molecule is O=C1CN(/N=C/c2ncc(-c3ccc(Cl)cc3)o2)C(=O)[N-]1.[Na+]. The number of hydrazone groups is 1. The molecule has 22 heavy (non-hydrogen) atoms. The van der Waals surface area contributed by atoms with E-state index in [1.54, 1.807) is 24.3 Å². The van der Waals surface area contributed by atoms with Crippen LogP contribution in [0.5, 0.6) is 0 Å². The van der Waals surface area contributed by atoms with Crippen LogP contribution in [0.3, 0.4) is 0 Å². The van der Waals surface area contributed by atoms with E-state index in [0.717, 1.165) is 10.6 Å². The Bertz CT molecular complexity index is 729. The molecule has 2 heterocycles. The first kappa shape index (κ1) is 16.7. The maximum Gasteiger partial charge on any atom is 1.00 e. The molecule has 1 fully saturated rings. The number of halogens is 1. The number of hydrogen-bond acceptors (Lipinski definition) is 5. The number of nitrogens with zero attached hydrogens (tertiary/aromatic N) is 4. The minimum atomic E-state index is -0.694. The molecular weight excluding hydrogens is 319 g/mol. The van der Waals surface area contributed by atoms with Crippen LogP contribution < -0.4 is 29.6 Å². The summed E-state index contributed by atoms with van der Waals surface area (Å²) in [5, 5.41) is 8.59. The Labute approximate surface area is 152 Å². The normalized spacial score (nSPS) is 14.3. The molecule has 1 aliphatic rings. The van der Waals surface area contributed by atoms with Crippen LogP contribution in [0.25, 0.3) is 16.6 Å². The molecular formula is C13H8ClN4NaO3. The molecule has 1 aromatic carbocycles. The summed E-state index contributed by atoms with van der Waals surface area (Å²) in [6.45, 7) is -0.167. The number of carbonyl (C=O) groups excluding carboxylic acids is 2. The number of oxazole rings is 1. The van der Waals surface area contributed by atoms with Crippen LogP contribution >= 0.6 is 11.6 Å². The summed E-state index contributed by atoms with van der Waals surface area (Å²) in [4.78, 5) is 26.2. The molecule has 1 aromatic heterocycles. The van der Waals surface area contributed by atoms with E-state index in [1.807, 2.05) is 0 Å². The first-order valence-electron chi connectivity index (χ1n) is 5.93. The summed E-state index contributed by atoms with van der Waals surface area (Å²) < 4.78 is 5.47. The van der Waals surface area contributed by atoms with Gasteiger partial charge in [0.2, 0.25) is 5.89 Å². The average molecular weight is 327 g/mol. The number of urea groups is 1. The van der Waals surface area contributed by atoms with Crippen molar-refractivity contribution in [3.8, 4) is 11.3 Å². The molecule has 0 N–H and O–H groups in total. The van der Waals surface area contributed by atoms with Crippen molar-refractivity contribution < 1.29 is 43.6 Å². The van der Waals surface area contributed by atoms with Crippen LogP contribution in [-0.4, -0.2) is 34.7 Å². The summed E-state index contributed by atoms with van der Waals surface area (Å²) in [5.41, 5.74) is 0.814. The van der Waals surface area contributed by atoms with Gasteiger partial charge in [-0.15, -0.1) is 0 Å². The zero-order chi connectivity index (χ0) is 14.8. The zero-order valence-electron chi connectivity index (χ0n) is 11.6. The van der Waals surface area contributed by atoms with Crippen molar-refractivity contribution in [3.05, 3.63) is 46.7 Å². The average Bonchev–Trinajstić information content (AvgIpc) is 3.04. The van der Waals surface area contributed by atoms with Gasteiger partial charge in [0.15, 0.2) is 17.7 Å². The summed E-state index contributed by atoms with van der Waals surface area (Å²) in [7, 11) is 0. The monoisotopic (exact) mass is 326 g/mol. The number of benzene rings is 1. The second kappa shape index (κ2) is 7.06. The van der Waals surface area contributed by atoms with E-state index in [9.17, 15) is 9.59 Å². The molecule has 0 aliphatic carbocycles. The third-order valence-electron chi connectivity index (χ3n) is 2.69. The Hall–Kier alpha value is -1.67. The van der Waals surface area contributed by atoms with Crippen molar-refractivity contribution in [2.75, 3.05) is 6.54 Å².